The van der Waals surface area contributed by atoms with Crippen LogP contribution in [0.5, 0.6) is 11.5 Å². The van der Waals surface area contributed by atoms with E-state index in [0.717, 1.165) is 18.9 Å². The molecule has 2 heterocycles. The van der Waals surface area contributed by atoms with Gasteiger partial charge < -0.3 is 9.84 Å². The first-order chi connectivity index (χ1) is 7.75. The van der Waals surface area contributed by atoms with Crippen molar-refractivity contribution in [3.8, 4) is 11.5 Å². The van der Waals surface area contributed by atoms with Crippen molar-refractivity contribution in [2.75, 3.05) is 20.2 Å². The molecule has 0 amide bonds. The third-order valence-electron chi connectivity index (χ3n) is 3.86. The Morgan fingerprint density at radius 3 is 3.06 bits per heavy atom. The number of benzene rings is 1. The number of ether oxygens (including phenoxy) is 1. The second-order valence-corrected chi connectivity index (χ2v) is 4.83. The van der Waals surface area contributed by atoms with Gasteiger partial charge in [-0.15, -0.1) is 12.4 Å². The van der Waals surface area contributed by atoms with Crippen molar-refractivity contribution in [1.29, 1.82) is 0 Å². The fourth-order valence-corrected chi connectivity index (χ4v) is 2.96. The normalized spacial score (nSPS) is 27.4. The van der Waals surface area contributed by atoms with Crippen LogP contribution in [0.4, 0.5) is 0 Å². The van der Waals surface area contributed by atoms with Crippen molar-refractivity contribution >= 4 is 12.4 Å². The molecule has 3 nitrogen and oxygen atoms in total. The predicted molar refractivity (Wildman–Crippen MR) is 69.2 cm³/mol. The molecule has 0 spiro atoms. The molecule has 0 aliphatic carbocycles. The summed E-state index contributed by atoms with van der Waals surface area (Å²) in [5.41, 5.74) is 1.18. The number of halogens is 1. The molecule has 2 aliphatic heterocycles. The standard InChI is InChI=1S/C13H17NO2.ClH/c1-14-6-2-3-10-11-7-9(15)4-5-13(11)16-8-12(10)14;/h4-5,7,10,12,15H,2-3,6,8H2,1H3;1H/t10-,12-;/m0./s1. The summed E-state index contributed by atoms with van der Waals surface area (Å²) in [4.78, 5) is 2.38. The van der Waals surface area contributed by atoms with Gasteiger partial charge in [-0.2, -0.15) is 0 Å². The number of fused-ring (bicyclic) bond motifs is 3. The maximum atomic E-state index is 9.58. The Kier molecular flexibility index (Phi) is 3.50. The van der Waals surface area contributed by atoms with E-state index in [1.807, 2.05) is 12.1 Å². The lowest BCUT2D eigenvalue weighted by Crippen LogP contribution is -2.47. The van der Waals surface area contributed by atoms with E-state index in [9.17, 15) is 5.11 Å². The van der Waals surface area contributed by atoms with Crippen LogP contribution in [0.2, 0.25) is 0 Å². The molecule has 4 heteroatoms. The molecule has 1 fully saturated rings. The van der Waals surface area contributed by atoms with Gasteiger partial charge in [0.1, 0.15) is 18.1 Å². The zero-order valence-corrected chi connectivity index (χ0v) is 10.7. The highest BCUT2D eigenvalue weighted by atomic mass is 35.5. The summed E-state index contributed by atoms with van der Waals surface area (Å²) in [5, 5.41) is 9.58. The first kappa shape index (κ1) is 12.5. The van der Waals surface area contributed by atoms with E-state index < -0.39 is 0 Å². The van der Waals surface area contributed by atoms with Crippen molar-refractivity contribution in [3.63, 3.8) is 0 Å². The van der Waals surface area contributed by atoms with Gasteiger partial charge in [0.05, 0.1) is 6.04 Å². The van der Waals surface area contributed by atoms with Gasteiger partial charge in [-0.05, 0) is 44.6 Å². The predicted octanol–water partition coefficient (Wildman–Crippen LogP) is 2.38. The average molecular weight is 256 g/mol. The molecule has 0 radical (unpaired) electrons. The highest BCUT2D eigenvalue weighted by Crippen LogP contribution is 2.41. The van der Waals surface area contributed by atoms with Crippen LogP contribution in [0.3, 0.4) is 0 Å². The molecule has 1 aromatic carbocycles. The monoisotopic (exact) mass is 255 g/mol. The van der Waals surface area contributed by atoms with E-state index in [2.05, 4.69) is 11.9 Å². The summed E-state index contributed by atoms with van der Waals surface area (Å²) >= 11 is 0. The highest BCUT2D eigenvalue weighted by molar-refractivity contribution is 5.85. The Morgan fingerprint density at radius 1 is 1.41 bits per heavy atom. The van der Waals surface area contributed by atoms with Crippen molar-refractivity contribution in [3.05, 3.63) is 23.8 Å². The summed E-state index contributed by atoms with van der Waals surface area (Å²) in [6.07, 6.45) is 2.43. The zero-order valence-electron chi connectivity index (χ0n) is 9.93. The number of hydrogen-bond acceptors (Lipinski definition) is 3. The van der Waals surface area contributed by atoms with Crippen molar-refractivity contribution in [2.45, 2.75) is 24.8 Å². The summed E-state index contributed by atoms with van der Waals surface area (Å²) in [7, 11) is 2.16. The van der Waals surface area contributed by atoms with E-state index in [1.54, 1.807) is 6.07 Å². The molecule has 0 aromatic heterocycles. The number of phenols is 1. The lowest BCUT2D eigenvalue weighted by molar-refractivity contribution is 0.0867. The van der Waals surface area contributed by atoms with Crippen LogP contribution >= 0.6 is 12.4 Å². The van der Waals surface area contributed by atoms with Gasteiger partial charge in [-0.3, -0.25) is 4.90 Å². The third kappa shape index (κ3) is 2.09. The topological polar surface area (TPSA) is 32.7 Å². The van der Waals surface area contributed by atoms with Crippen molar-refractivity contribution in [1.82, 2.24) is 4.90 Å². The molecule has 17 heavy (non-hydrogen) atoms. The molecular weight excluding hydrogens is 238 g/mol. The van der Waals surface area contributed by atoms with Crippen LogP contribution in [0.25, 0.3) is 0 Å². The number of piperidine rings is 1. The summed E-state index contributed by atoms with van der Waals surface area (Å²) in [6.45, 7) is 1.93. The molecule has 0 unspecified atom stereocenters. The number of likely N-dealkylation sites (N-methyl/N-ethyl adjacent to an activating group) is 1. The number of rotatable bonds is 0. The van der Waals surface area contributed by atoms with E-state index >= 15 is 0 Å². The van der Waals surface area contributed by atoms with Gasteiger partial charge in [-0.1, -0.05) is 0 Å². The Labute approximate surface area is 108 Å². The molecule has 1 N–H and O–H groups in total. The second-order valence-electron chi connectivity index (χ2n) is 4.83. The Balaban J connectivity index is 0.00000108. The van der Waals surface area contributed by atoms with E-state index in [0.29, 0.717) is 17.7 Å². The quantitative estimate of drug-likeness (QED) is 0.773. The number of aromatic hydroxyl groups is 1. The van der Waals surface area contributed by atoms with Crippen molar-refractivity contribution < 1.29 is 9.84 Å². The second kappa shape index (κ2) is 4.75. The van der Waals surface area contributed by atoms with E-state index in [-0.39, 0.29) is 12.4 Å². The molecule has 94 valence electrons. The molecule has 3 rings (SSSR count). The van der Waals surface area contributed by atoms with Crippen molar-refractivity contribution in [2.24, 2.45) is 0 Å². The molecule has 1 aromatic rings. The lowest BCUT2D eigenvalue weighted by Gasteiger charge is -2.42. The lowest BCUT2D eigenvalue weighted by atomic mass is 9.82. The van der Waals surface area contributed by atoms with Gasteiger partial charge in [0, 0.05) is 11.5 Å². The minimum absolute atomic E-state index is 0. The highest BCUT2D eigenvalue weighted by Gasteiger charge is 2.35. The van der Waals surface area contributed by atoms with E-state index in [4.69, 9.17) is 4.74 Å². The SMILES string of the molecule is CN1CCC[C@H]2c3cc(O)ccc3OC[C@@H]21.Cl. The first-order valence-corrected chi connectivity index (χ1v) is 5.91. The molecule has 0 saturated carbocycles. The molecular formula is C13H18ClNO2. The Morgan fingerprint density at radius 2 is 2.24 bits per heavy atom. The smallest absolute Gasteiger partial charge is 0.123 e. The maximum Gasteiger partial charge on any atom is 0.123 e. The average Bonchev–Trinajstić information content (AvgIpc) is 2.29. The zero-order chi connectivity index (χ0) is 11.1. The third-order valence-corrected chi connectivity index (χ3v) is 3.86. The first-order valence-electron chi connectivity index (χ1n) is 5.91. The van der Waals surface area contributed by atoms with Crippen LogP contribution in [0.15, 0.2) is 18.2 Å². The van der Waals surface area contributed by atoms with Crippen LogP contribution in [0.1, 0.15) is 24.3 Å². The van der Waals surface area contributed by atoms with Gasteiger partial charge in [-0.25, -0.2) is 0 Å². The van der Waals surface area contributed by atoms with Crippen LogP contribution in [0, 0.1) is 0 Å². The fraction of sp³-hybridized carbons (Fsp3) is 0.538. The maximum absolute atomic E-state index is 9.58. The minimum Gasteiger partial charge on any atom is -0.508 e. The van der Waals surface area contributed by atoms with E-state index in [1.165, 1.54) is 18.4 Å². The number of hydrogen-bond donors (Lipinski definition) is 1. The van der Waals surface area contributed by atoms with Gasteiger partial charge in [0.25, 0.3) is 0 Å². The number of nitrogens with zero attached hydrogens (tertiary/aromatic N) is 1. The summed E-state index contributed by atoms with van der Waals surface area (Å²) in [6, 6.07) is 5.93. The van der Waals surface area contributed by atoms with Crippen LogP contribution in [-0.4, -0.2) is 36.2 Å². The van der Waals surface area contributed by atoms with Gasteiger partial charge >= 0.3 is 0 Å². The number of likely N-dealkylation sites (tertiary alicyclic amines) is 1. The summed E-state index contributed by atoms with van der Waals surface area (Å²) < 4.78 is 5.77. The number of phenolic OH excluding ortho intramolecular Hbond substituents is 1. The molecule has 0 bridgehead atoms. The van der Waals surface area contributed by atoms with Gasteiger partial charge in [0.15, 0.2) is 0 Å². The van der Waals surface area contributed by atoms with Crippen LogP contribution in [-0.2, 0) is 0 Å². The minimum atomic E-state index is 0. The summed E-state index contributed by atoms with van der Waals surface area (Å²) in [5.74, 6) is 1.82. The van der Waals surface area contributed by atoms with Gasteiger partial charge in [0.2, 0.25) is 0 Å². The molecule has 2 aliphatic rings. The molecule has 1 saturated heterocycles. The fourth-order valence-electron chi connectivity index (χ4n) is 2.96. The van der Waals surface area contributed by atoms with Crippen LogP contribution < -0.4 is 4.74 Å². The Bertz CT molecular complexity index is 410. The largest absolute Gasteiger partial charge is 0.508 e. The molecule has 2 atom stereocenters. The Hall–Kier alpha value is -0.930.